The van der Waals surface area contributed by atoms with Crippen LogP contribution in [0, 0.1) is 6.92 Å². The van der Waals surface area contributed by atoms with Gasteiger partial charge in [-0.1, -0.05) is 5.16 Å². The summed E-state index contributed by atoms with van der Waals surface area (Å²) < 4.78 is 4.67. The predicted octanol–water partition coefficient (Wildman–Crippen LogP) is 2.33. The Kier molecular flexibility index (Phi) is 3.69. The smallest absolute Gasteiger partial charge is 0.213 e. The average Bonchev–Trinajstić information content (AvgIpc) is 2.89. The molecule has 0 fully saturated rings. The summed E-state index contributed by atoms with van der Waals surface area (Å²) in [5.74, 6) is 0.752. The van der Waals surface area contributed by atoms with Crippen molar-refractivity contribution in [2.75, 3.05) is 6.54 Å². The third kappa shape index (κ3) is 2.90. The average molecular weight is 237 g/mol. The molecule has 0 aliphatic heterocycles. The van der Waals surface area contributed by atoms with Gasteiger partial charge < -0.3 is 9.84 Å². The Morgan fingerprint density at radius 2 is 2.38 bits per heavy atom. The van der Waals surface area contributed by atoms with E-state index >= 15 is 0 Å². The van der Waals surface area contributed by atoms with Crippen LogP contribution in [0.25, 0.3) is 0 Å². The van der Waals surface area contributed by atoms with Crippen molar-refractivity contribution in [1.29, 1.82) is 0 Å². The van der Waals surface area contributed by atoms with Gasteiger partial charge in [0.1, 0.15) is 0 Å². The van der Waals surface area contributed by atoms with Crippen molar-refractivity contribution in [1.82, 2.24) is 15.5 Å². The van der Waals surface area contributed by atoms with Crippen LogP contribution in [0.15, 0.2) is 23.0 Å². The molecule has 0 radical (unpaired) electrons. The Hall–Kier alpha value is -1.20. The van der Waals surface area contributed by atoms with Gasteiger partial charge in [0.15, 0.2) is 5.82 Å². The molecule has 0 aliphatic rings. The Balaban J connectivity index is 1.78. The normalized spacial score (nSPS) is 12.9. The van der Waals surface area contributed by atoms with Gasteiger partial charge in [0.25, 0.3) is 0 Å². The van der Waals surface area contributed by atoms with Gasteiger partial charge in [0, 0.05) is 28.8 Å². The van der Waals surface area contributed by atoms with E-state index in [1.807, 2.05) is 11.3 Å². The summed E-state index contributed by atoms with van der Waals surface area (Å²) >= 11 is 1.83. The van der Waals surface area contributed by atoms with E-state index in [0.29, 0.717) is 6.04 Å². The van der Waals surface area contributed by atoms with Crippen molar-refractivity contribution < 1.29 is 4.52 Å². The summed E-state index contributed by atoms with van der Waals surface area (Å²) in [6, 6.07) is 4.70. The summed E-state index contributed by atoms with van der Waals surface area (Å²) in [7, 11) is 0. The summed E-state index contributed by atoms with van der Waals surface area (Å²) in [5, 5.41) is 7.21. The third-order valence-corrected chi connectivity index (χ3v) is 3.58. The van der Waals surface area contributed by atoms with E-state index in [2.05, 4.69) is 46.0 Å². The maximum Gasteiger partial charge on any atom is 0.213 e. The summed E-state index contributed by atoms with van der Waals surface area (Å²) in [6.45, 7) is 5.15. The first-order valence-electron chi connectivity index (χ1n) is 5.30. The highest BCUT2D eigenvalue weighted by atomic mass is 32.1. The maximum absolute atomic E-state index is 4.67. The molecule has 0 spiro atoms. The molecule has 2 rings (SSSR count). The van der Waals surface area contributed by atoms with Crippen LogP contribution in [-0.2, 0) is 6.42 Å². The molecule has 1 atom stereocenters. The molecule has 1 unspecified atom stereocenters. The Morgan fingerprint density at radius 1 is 1.50 bits per heavy atom. The minimum absolute atomic E-state index is 0.380. The minimum atomic E-state index is 0.380. The van der Waals surface area contributed by atoms with Gasteiger partial charge in [0.05, 0.1) is 0 Å². The Labute approximate surface area is 98.7 Å². The van der Waals surface area contributed by atoms with Crippen LogP contribution >= 0.6 is 11.3 Å². The number of aryl methyl sites for hydroxylation is 1. The van der Waals surface area contributed by atoms with Crippen LogP contribution in [0.3, 0.4) is 0 Å². The lowest BCUT2D eigenvalue weighted by Crippen LogP contribution is -2.20. The molecule has 2 aromatic heterocycles. The molecule has 2 aromatic rings. The van der Waals surface area contributed by atoms with Crippen molar-refractivity contribution >= 4 is 11.3 Å². The molecule has 2 heterocycles. The lowest BCUT2D eigenvalue weighted by molar-refractivity contribution is 0.408. The number of hydrogen-bond acceptors (Lipinski definition) is 5. The van der Waals surface area contributed by atoms with Gasteiger partial charge in [-0.25, -0.2) is 0 Å². The quantitative estimate of drug-likeness (QED) is 0.867. The van der Waals surface area contributed by atoms with Crippen LogP contribution in [0.2, 0.25) is 0 Å². The minimum Gasteiger partial charge on any atom is -0.343 e. The van der Waals surface area contributed by atoms with E-state index in [1.54, 1.807) is 0 Å². The van der Waals surface area contributed by atoms with Crippen LogP contribution in [0.5, 0.6) is 0 Å². The lowest BCUT2D eigenvalue weighted by atomic mass is 10.2. The molecule has 0 saturated carbocycles. The molecule has 5 heteroatoms. The van der Waals surface area contributed by atoms with Gasteiger partial charge in [-0.3, -0.25) is 0 Å². The fraction of sp³-hybridized carbons (Fsp3) is 0.455. The second-order valence-corrected chi connectivity index (χ2v) is 5.04. The van der Waals surface area contributed by atoms with Crippen molar-refractivity contribution in [3.63, 3.8) is 0 Å². The molecule has 16 heavy (non-hydrogen) atoms. The van der Waals surface area contributed by atoms with Gasteiger partial charge in [-0.15, -0.1) is 11.3 Å². The first kappa shape index (κ1) is 11.3. The van der Waals surface area contributed by atoms with Gasteiger partial charge in [-0.05, 0) is 26.0 Å². The van der Waals surface area contributed by atoms with Crippen molar-refractivity contribution in [3.05, 3.63) is 34.1 Å². The second kappa shape index (κ2) is 5.23. The fourth-order valence-electron chi connectivity index (χ4n) is 1.49. The van der Waals surface area contributed by atoms with Gasteiger partial charge in [-0.2, -0.15) is 4.98 Å². The third-order valence-electron chi connectivity index (χ3n) is 2.39. The monoisotopic (exact) mass is 237 g/mol. The van der Waals surface area contributed by atoms with Crippen molar-refractivity contribution in [2.45, 2.75) is 26.3 Å². The summed E-state index contributed by atoms with van der Waals surface area (Å²) in [6.07, 6.45) is 2.16. The van der Waals surface area contributed by atoms with Crippen molar-refractivity contribution in [2.24, 2.45) is 0 Å². The lowest BCUT2D eigenvalue weighted by Gasteiger charge is -2.10. The highest BCUT2D eigenvalue weighted by molar-refractivity contribution is 7.12. The molecule has 0 bridgehead atoms. The second-order valence-electron chi connectivity index (χ2n) is 3.72. The zero-order valence-corrected chi connectivity index (χ0v) is 10.3. The Morgan fingerprint density at radius 3 is 3.00 bits per heavy atom. The molecule has 0 saturated heterocycles. The number of hydrogen-bond donors (Lipinski definition) is 1. The number of thiophene rings is 1. The molecular formula is C11H15N3OS. The molecule has 4 nitrogen and oxygen atoms in total. The highest BCUT2D eigenvalue weighted by Gasteiger charge is 2.07. The highest BCUT2D eigenvalue weighted by Crippen LogP contribution is 2.21. The Bertz CT molecular complexity index is 424. The fourth-order valence-corrected chi connectivity index (χ4v) is 2.39. The summed E-state index contributed by atoms with van der Waals surface area (Å²) in [4.78, 5) is 6.69. The van der Waals surface area contributed by atoms with E-state index in [1.165, 1.54) is 16.1 Å². The first-order valence-corrected chi connectivity index (χ1v) is 6.12. The topological polar surface area (TPSA) is 51.0 Å². The number of nitrogens with zero attached hydrogens (tertiary/aromatic N) is 2. The van der Waals surface area contributed by atoms with E-state index in [0.717, 1.165) is 18.8 Å². The molecule has 0 amide bonds. The largest absolute Gasteiger partial charge is 0.343 e. The van der Waals surface area contributed by atoms with Crippen LogP contribution in [0.4, 0.5) is 0 Å². The zero-order chi connectivity index (χ0) is 11.4. The van der Waals surface area contributed by atoms with E-state index < -0.39 is 0 Å². The zero-order valence-electron chi connectivity index (χ0n) is 9.43. The standard InChI is InChI=1S/C11H15N3OS/c1-8-3-4-10(16-8)9(2)12-6-5-11-13-7-15-14-11/h3-4,7,9,12H,5-6H2,1-2H3. The van der Waals surface area contributed by atoms with Crippen LogP contribution < -0.4 is 5.32 Å². The molecule has 0 aliphatic carbocycles. The summed E-state index contributed by atoms with van der Waals surface area (Å²) in [5.41, 5.74) is 0. The van der Waals surface area contributed by atoms with Crippen LogP contribution in [0.1, 0.15) is 28.5 Å². The van der Waals surface area contributed by atoms with Crippen LogP contribution in [-0.4, -0.2) is 16.7 Å². The van der Waals surface area contributed by atoms with Gasteiger partial charge in [0.2, 0.25) is 6.39 Å². The van der Waals surface area contributed by atoms with Crippen molar-refractivity contribution in [3.8, 4) is 0 Å². The number of nitrogens with one attached hydrogen (secondary N) is 1. The molecular weight excluding hydrogens is 222 g/mol. The molecule has 86 valence electrons. The van der Waals surface area contributed by atoms with E-state index in [4.69, 9.17) is 0 Å². The molecule has 1 N–H and O–H groups in total. The number of aromatic nitrogens is 2. The van der Waals surface area contributed by atoms with E-state index in [9.17, 15) is 0 Å². The SMILES string of the molecule is Cc1ccc(C(C)NCCc2ncon2)s1. The predicted molar refractivity (Wildman–Crippen MR) is 63.5 cm³/mol. The maximum atomic E-state index is 4.67. The number of rotatable bonds is 5. The first-order chi connectivity index (χ1) is 7.75. The van der Waals surface area contributed by atoms with E-state index in [-0.39, 0.29) is 0 Å². The molecule has 0 aromatic carbocycles. The van der Waals surface area contributed by atoms with Gasteiger partial charge >= 0.3 is 0 Å².